The Balaban J connectivity index is 1.49. The number of hydrogen-bond acceptors (Lipinski definition) is 3. The molecule has 1 aromatic rings. The van der Waals surface area contributed by atoms with Gasteiger partial charge in [0.15, 0.2) is 0 Å². The summed E-state index contributed by atoms with van der Waals surface area (Å²) in [4.78, 5) is 28.6. The van der Waals surface area contributed by atoms with E-state index >= 15 is 0 Å². The monoisotopic (exact) mass is 330 g/mol. The number of nitrogens with one attached hydrogen (secondary N) is 2. The van der Waals surface area contributed by atoms with Crippen molar-refractivity contribution in [1.29, 1.82) is 0 Å². The second kappa shape index (κ2) is 7.66. The number of anilines is 1. The second-order valence-electron chi connectivity index (χ2n) is 6.64. The number of benzene rings is 1. The zero-order chi connectivity index (χ0) is 16.9. The van der Waals surface area contributed by atoms with Crippen LogP contribution in [0.5, 0.6) is 0 Å². The van der Waals surface area contributed by atoms with E-state index in [-0.39, 0.29) is 17.9 Å². The topological polar surface area (TPSA) is 64.7 Å². The first kappa shape index (κ1) is 16.8. The second-order valence-corrected chi connectivity index (χ2v) is 6.64. The van der Waals surface area contributed by atoms with Crippen LogP contribution < -0.4 is 10.6 Å². The highest BCUT2D eigenvalue weighted by atomic mass is 16.2. The van der Waals surface area contributed by atoms with Gasteiger partial charge in [-0.3, -0.25) is 4.79 Å². The van der Waals surface area contributed by atoms with E-state index < -0.39 is 0 Å². The Morgan fingerprint density at radius 3 is 2.42 bits per heavy atom. The van der Waals surface area contributed by atoms with Gasteiger partial charge < -0.3 is 20.4 Å². The van der Waals surface area contributed by atoms with E-state index in [0.29, 0.717) is 26.2 Å². The molecule has 0 aliphatic carbocycles. The minimum Gasteiger partial charge on any atom is -0.339 e. The summed E-state index contributed by atoms with van der Waals surface area (Å²) >= 11 is 0. The smallest absolute Gasteiger partial charge is 0.321 e. The first-order valence-electron chi connectivity index (χ1n) is 8.75. The van der Waals surface area contributed by atoms with Crippen LogP contribution in [0.4, 0.5) is 10.5 Å². The Labute approximate surface area is 143 Å². The maximum atomic E-state index is 12.5. The molecule has 2 saturated heterocycles. The fourth-order valence-electron chi connectivity index (χ4n) is 3.38. The predicted molar refractivity (Wildman–Crippen MR) is 93.9 cm³/mol. The molecule has 130 valence electrons. The Kier molecular flexibility index (Phi) is 5.35. The molecule has 2 heterocycles. The number of nitrogens with zero attached hydrogens (tertiary/aromatic N) is 2. The van der Waals surface area contributed by atoms with E-state index in [1.165, 1.54) is 0 Å². The highest BCUT2D eigenvalue weighted by Crippen LogP contribution is 2.17. The lowest BCUT2D eigenvalue weighted by Gasteiger charge is -2.37. The molecule has 1 aromatic carbocycles. The first-order valence-corrected chi connectivity index (χ1v) is 8.75. The van der Waals surface area contributed by atoms with Gasteiger partial charge in [-0.1, -0.05) is 12.1 Å². The lowest BCUT2D eigenvalue weighted by atomic mass is 9.96. The van der Waals surface area contributed by atoms with Crippen LogP contribution >= 0.6 is 0 Å². The zero-order valence-corrected chi connectivity index (χ0v) is 14.3. The summed E-state index contributed by atoms with van der Waals surface area (Å²) in [7, 11) is 0. The molecule has 2 N–H and O–H groups in total. The molecule has 0 spiro atoms. The number of amides is 3. The number of aryl methyl sites for hydroxylation is 1. The molecule has 3 rings (SSSR count). The first-order chi connectivity index (χ1) is 11.6. The Hall–Kier alpha value is -2.08. The zero-order valence-electron chi connectivity index (χ0n) is 14.3. The van der Waals surface area contributed by atoms with E-state index in [4.69, 9.17) is 0 Å². The van der Waals surface area contributed by atoms with E-state index in [9.17, 15) is 9.59 Å². The van der Waals surface area contributed by atoms with Crippen molar-refractivity contribution in [3.05, 3.63) is 29.8 Å². The summed E-state index contributed by atoms with van der Waals surface area (Å²) in [6.45, 7) is 6.29. The molecule has 24 heavy (non-hydrogen) atoms. The number of piperazine rings is 1. The van der Waals surface area contributed by atoms with Gasteiger partial charge in [0.05, 0.1) is 0 Å². The summed E-state index contributed by atoms with van der Waals surface area (Å²) in [6, 6.07) is 7.69. The summed E-state index contributed by atoms with van der Waals surface area (Å²) in [5.74, 6) is 0.411. The van der Waals surface area contributed by atoms with Gasteiger partial charge in [-0.25, -0.2) is 4.79 Å². The van der Waals surface area contributed by atoms with Crippen LogP contribution in [0.1, 0.15) is 18.4 Å². The third kappa shape index (κ3) is 4.06. The van der Waals surface area contributed by atoms with Gasteiger partial charge in [-0.2, -0.15) is 0 Å². The molecule has 3 amide bonds. The fourth-order valence-corrected chi connectivity index (χ4v) is 3.38. The molecule has 0 aromatic heterocycles. The number of urea groups is 1. The van der Waals surface area contributed by atoms with E-state index in [1.807, 2.05) is 36.1 Å². The van der Waals surface area contributed by atoms with Crippen LogP contribution in [0.3, 0.4) is 0 Å². The minimum atomic E-state index is -0.0884. The molecule has 0 atom stereocenters. The maximum Gasteiger partial charge on any atom is 0.321 e. The average Bonchev–Trinajstić information content (AvgIpc) is 2.62. The quantitative estimate of drug-likeness (QED) is 0.867. The van der Waals surface area contributed by atoms with Crippen molar-refractivity contribution in [2.75, 3.05) is 44.6 Å². The van der Waals surface area contributed by atoms with Gasteiger partial charge in [0.25, 0.3) is 0 Å². The largest absolute Gasteiger partial charge is 0.339 e. The number of carbonyl (C=O) groups excluding carboxylic acids is 2. The lowest BCUT2D eigenvalue weighted by Crippen LogP contribution is -2.53. The molecule has 2 aliphatic heterocycles. The van der Waals surface area contributed by atoms with Crippen molar-refractivity contribution in [2.24, 2.45) is 5.92 Å². The van der Waals surface area contributed by atoms with Crippen molar-refractivity contribution < 1.29 is 9.59 Å². The van der Waals surface area contributed by atoms with Crippen molar-refractivity contribution in [2.45, 2.75) is 19.8 Å². The molecule has 0 radical (unpaired) electrons. The van der Waals surface area contributed by atoms with Gasteiger partial charge in [0, 0.05) is 37.8 Å². The molecule has 6 heteroatoms. The summed E-state index contributed by atoms with van der Waals surface area (Å²) in [5, 5.41) is 6.22. The molecule has 6 nitrogen and oxygen atoms in total. The number of rotatable bonds is 2. The fraction of sp³-hybridized carbons (Fsp3) is 0.556. The van der Waals surface area contributed by atoms with Crippen LogP contribution in [0, 0.1) is 12.8 Å². The van der Waals surface area contributed by atoms with Crippen molar-refractivity contribution in [3.8, 4) is 0 Å². The molecular weight excluding hydrogens is 304 g/mol. The molecule has 0 saturated carbocycles. The van der Waals surface area contributed by atoms with Crippen molar-refractivity contribution in [3.63, 3.8) is 0 Å². The summed E-state index contributed by atoms with van der Waals surface area (Å²) in [6.07, 6.45) is 1.85. The average molecular weight is 330 g/mol. The van der Waals surface area contributed by atoms with Crippen LogP contribution in [0.25, 0.3) is 0 Å². The Morgan fingerprint density at radius 1 is 1.08 bits per heavy atom. The summed E-state index contributed by atoms with van der Waals surface area (Å²) < 4.78 is 0. The third-order valence-electron chi connectivity index (χ3n) is 4.84. The molecular formula is C18H26N4O2. The number of hydrogen-bond donors (Lipinski definition) is 2. The number of carbonyl (C=O) groups is 2. The van der Waals surface area contributed by atoms with Gasteiger partial charge in [0.2, 0.25) is 5.91 Å². The Bertz CT molecular complexity index is 590. The van der Waals surface area contributed by atoms with E-state index in [0.717, 1.165) is 37.2 Å². The third-order valence-corrected chi connectivity index (χ3v) is 4.84. The minimum absolute atomic E-state index is 0.0884. The SMILES string of the molecule is Cc1cccc(NC(=O)N2CCN(C(=O)C3CCNCC3)CC2)c1. The van der Waals surface area contributed by atoms with Crippen LogP contribution in [0.15, 0.2) is 24.3 Å². The Morgan fingerprint density at radius 2 is 1.75 bits per heavy atom. The van der Waals surface area contributed by atoms with Gasteiger partial charge in [-0.05, 0) is 50.6 Å². The van der Waals surface area contributed by atoms with Crippen LogP contribution in [-0.4, -0.2) is 61.0 Å². The van der Waals surface area contributed by atoms with Gasteiger partial charge >= 0.3 is 6.03 Å². The maximum absolute atomic E-state index is 12.5. The van der Waals surface area contributed by atoms with Crippen molar-refractivity contribution in [1.82, 2.24) is 15.1 Å². The lowest BCUT2D eigenvalue weighted by molar-refractivity contribution is -0.137. The highest BCUT2D eigenvalue weighted by molar-refractivity contribution is 5.89. The van der Waals surface area contributed by atoms with E-state index in [2.05, 4.69) is 10.6 Å². The molecule has 0 unspecified atom stereocenters. The summed E-state index contributed by atoms with van der Waals surface area (Å²) in [5.41, 5.74) is 1.93. The predicted octanol–water partition coefficient (Wildman–Crippen LogP) is 1.67. The van der Waals surface area contributed by atoms with Crippen molar-refractivity contribution >= 4 is 17.6 Å². The standard InChI is InChI=1S/C18H26N4O2/c1-14-3-2-4-16(13-14)20-18(24)22-11-9-21(10-12-22)17(23)15-5-7-19-8-6-15/h2-4,13,15,19H,5-12H2,1H3,(H,20,24). The van der Waals surface area contributed by atoms with Crippen LogP contribution in [-0.2, 0) is 4.79 Å². The van der Waals surface area contributed by atoms with Crippen LogP contribution in [0.2, 0.25) is 0 Å². The van der Waals surface area contributed by atoms with E-state index in [1.54, 1.807) is 4.90 Å². The highest BCUT2D eigenvalue weighted by Gasteiger charge is 2.29. The van der Waals surface area contributed by atoms with Gasteiger partial charge in [-0.15, -0.1) is 0 Å². The molecule has 2 fully saturated rings. The normalized spacial score (nSPS) is 19.2. The number of piperidine rings is 1. The molecule has 0 bridgehead atoms. The molecule has 2 aliphatic rings. The van der Waals surface area contributed by atoms with Gasteiger partial charge in [0.1, 0.15) is 0 Å².